The molecule has 0 radical (unpaired) electrons. The van der Waals surface area contributed by atoms with E-state index in [4.69, 9.17) is 27.9 Å². The molecule has 0 heterocycles. The van der Waals surface area contributed by atoms with Gasteiger partial charge < -0.3 is 15.0 Å². The number of ether oxygens (including phenoxy) is 1. The Morgan fingerprint density at radius 1 is 1.23 bits per heavy atom. The monoisotopic (exact) mass is 338 g/mol. The van der Waals surface area contributed by atoms with E-state index in [1.807, 2.05) is 31.3 Å². The summed E-state index contributed by atoms with van der Waals surface area (Å²) in [6.07, 6.45) is 0. The molecule has 0 aliphatic rings. The molecule has 0 unspecified atom stereocenters. The number of likely N-dealkylation sites (N-methyl/N-ethyl adjacent to an activating group) is 1. The number of benzene rings is 2. The number of para-hydroxylation sites is 2. The average molecular weight is 339 g/mol. The second-order valence-corrected chi connectivity index (χ2v) is 5.54. The summed E-state index contributed by atoms with van der Waals surface area (Å²) < 4.78 is 5.29. The molecule has 2 rings (SSSR count). The molecule has 0 atom stereocenters. The summed E-state index contributed by atoms with van der Waals surface area (Å²) in [4.78, 5) is 14.0. The van der Waals surface area contributed by atoms with Gasteiger partial charge in [0.25, 0.3) is 0 Å². The number of hydrogen-bond donors (Lipinski definition) is 1. The van der Waals surface area contributed by atoms with Gasteiger partial charge in [0.15, 0.2) is 0 Å². The van der Waals surface area contributed by atoms with E-state index in [0.717, 1.165) is 5.69 Å². The molecule has 116 valence electrons. The van der Waals surface area contributed by atoms with E-state index in [1.54, 1.807) is 30.2 Å². The van der Waals surface area contributed by atoms with Crippen LogP contribution in [0.15, 0.2) is 42.5 Å². The second-order valence-electron chi connectivity index (χ2n) is 4.70. The van der Waals surface area contributed by atoms with Gasteiger partial charge >= 0.3 is 0 Å². The van der Waals surface area contributed by atoms with Crippen molar-refractivity contribution in [2.24, 2.45) is 0 Å². The summed E-state index contributed by atoms with van der Waals surface area (Å²) in [5.74, 6) is 0.528. The molecule has 22 heavy (non-hydrogen) atoms. The maximum Gasteiger partial charge on any atom is 0.243 e. The zero-order valence-electron chi connectivity index (χ0n) is 12.3. The Bertz CT molecular complexity index is 677. The fourth-order valence-corrected chi connectivity index (χ4v) is 2.48. The van der Waals surface area contributed by atoms with E-state index in [2.05, 4.69) is 5.32 Å². The third-order valence-corrected chi connectivity index (χ3v) is 3.63. The number of methoxy groups -OCH3 is 1. The predicted octanol–water partition coefficient (Wildman–Crippen LogP) is 4.08. The molecule has 0 fully saturated rings. The molecule has 0 spiro atoms. The third-order valence-electron chi connectivity index (χ3n) is 3.08. The molecule has 0 aliphatic heterocycles. The van der Waals surface area contributed by atoms with E-state index >= 15 is 0 Å². The summed E-state index contributed by atoms with van der Waals surface area (Å²) in [6.45, 7) is 0.166. The quantitative estimate of drug-likeness (QED) is 0.893. The minimum Gasteiger partial charge on any atom is -0.495 e. The minimum atomic E-state index is -0.183. The molecule has 0 aromatic heterocycles. The maximum absolute atomic E-state index is 12.1. The van der Waals surface area contributed by atoms with E-state index in [-0.39, 0.29) is 12.5 Å². The Hall–Kier alpha value is -1.91. The van der Waals surface area contributed by atoms with Crippen molar-refractivity contribution in [1.82, 2.24) is 0 Å². The molecule has 6 heteroatoms. The number of nitrogens with zero attached hydrogens (tertiary/aromatic N) is 1. The van der Waals surface area contributed by atoms with Crippen LogP contribution >= 0.6 is 23.2 Å². The normalized spacial score (nSPS) is 10.2. The second kappa shape index (κ2) is 7.38. The van der Waals surface area contributed by atoms with Crippen molar-refractivity contribution in [3.63, 3.8) is 0 Å². The molecule has 2 aromatic carbocycles. The minimum absolute atomic E-state index is 0.166. The Balaban J connectivity index is 2.05. The van der Waals surface area contributed by atoms with Gasteiger partial charge in [-0.05, 0) is 30.3 Å². The van der Waals surface area contributed by atoms with Gasteiger partial charge in [-0.25, -0.2) is 0 Å². The van der Waals surface area contributed by atoms with Crippen molar-refractivity contribution in [1.29, 1.82) is 0 Å². The van der Waals surface area contributed by atoms with Crippen LogP contribution in [0.5, 0.6) is 5.75 Å². The summed E-state index contributed by atoms with van der Waals surface area (Å²) in [6, 6.07) is 12.4. The van der Waals surface area contributed by atoms with Crippen LogP contribution in [-0.2, 0) is 4.79 Å². The molecule has 1 N–H and O–H groups in total. The highest BCUT2D eigenvalue weighted by atomic mass is 35.5. The lowest BCUT2D eigenvalue weighted by Crippen LogP contribution is -2.30. The van der Waals surface area contributed by atoms with E-state index < -0.39 is 0 Å². The fraction of sp³-hybridized carbons (Fsp3) is 0.188. The van der Waals surface area contributed by atoms with Crippen LogP contribution in [0.1, 0.15) is 0 Å². The molecule has 0 bridgehead atoms. The van der Waals surface area contributed by atoms with Gasteiger partial charge in [0, 0.05) is 12.1 Å². The fourth-order valence-electron chi connectivity index (χ4n) is 2.03. The Kier molecular flexibility index (Phi) is 5.52. The molecule has 0 aliphatic carbocycles. The van der Waals surface area contributed by atoms with Crippen molar-refractivity contribution >= 4 is 40.5 Å². The first-order valence-corrected chi connectivity index (χ1v) is 7.36. The van der Waals surface area contributed by atoms with Gasteiger partial charge in [-0.2, -0.15) is 0 Å². The molecule has 4 nitrogen and oxygen atoms in total. The molecule has 2 aromatic rings. The Morgan fingerprint density at radius 3 is 2.64 bits per heavy atom. The van der Waals surface area contributed by atoms with Crippen molar-refractivity contribution in [2.45, 2.75) is 0 Å². The Labute approximate surface area is 139 Å². The van der Waals surface area contributed by atoms with E-state index in [9.17, 15) is 4.79 Å². The van der Waals surface area contributed by atoms with Crippen LogP contribution < -0.4 is 15.0 Å². The van der Waals surface area contributed by atoms with Crippen LogP contribution in [0.25, 0.3) is 0 Å². The van der Waals surface area contributed by atoms with Crippen LogP contribution in [0.4, 0.5) is 11.4 Å². The average Bonchev–Trinajstić information content (AvgIpc) is 2.50. The summed E-state index contributed by atoms with van der Waals surface area (Å²) in [5.41, 5.74) is 1.37. The first-order chi connectivity index (χ1) is 10.5. The lowest BCUT2D eigenvalue weighted by molar-refractivity contribution is -0.114. The highest BCUT2D eigenvalue weighted by Crippen LogP contribution is 2.27. The Morgan fingerprint density at radius 2 is 1.95 bits per heavy atom. The van der Waals surface area contributed by atoms with Crippen LogP contribution in [0, 0.1) is 0 Å². The standard InChI is InChI=1S/C16H16Cl2N2O2/c1-20(14-5-3-4-6-15(14)22-2)10-16(21)19-13-8-7-11(17)9-12(13)18/h3-9H,10H2,1-2H3,(H,19,21). The van der Waals surface area contributed by atoms with Gasteiger partial charge in [-0.15, -0.1) is 0 Å². The van der Waals surface area contributed by atoms with Gasteiger partial charge in [-0.3, -0.25) is 4.79 Å². The first kappa shape index (κ1) is 16.5. The van der Waals surface area contributed by atoms with Crippen molar-refractivity contribution in [3.05, 3.63) is 52.5 Å². The molecule has 0 saturated heterocycles. The number of anilines is 2. The van der Waals surface area contributed by atoms with Gasteiger partial charge in [0.2, 0.25) is 5.91 Å². The summed E-state index contributed by atoms with van der Waals surface area (Å²) in [7, 11) is 3.42. The van der Waals surface area contributed by atoms with Crippen molar-refractivity contribution < 1.29 is 9.53 Å². The highest BCUT2D eigenvalue weighted by molar-refractivity contribution is 6.36. The third kappa shape index (κ3) is 4.06. The van der Waals surface area contributed by atoms with Crippen LogP contribution in [0.3, 0.4) is 0 Å². The topological polar surface area (TPSA) is 41.6 Å². The first-order valence-electron chi connectivity index (χ1n) is 6.60. The number of amides is 1. The lowest BCUT2D eigenvalue weighted by atomic mass is 10.2. The number of carbonyl (C=O) groups is 1. The van der Waals surface area contributed by atoms with Gasteiger partial charge in [0.05, 0.1) is 30.1 Å². The van der Waals surface area contributed by atoms with E-state index in [1.165, 1.54) is 0 Å². The van der Waals surface area contributed by atoms with Crippen LogP contribution in [0.2, 0.25) is 10.0 Å². The lowest BCUT2D eigenvalue weighted by Gasteiger charge is -2.21. The van der Waals surface area contributed by atoms with Gasteiger partial charge in [0.1, 0.15) is 5.75 Å². The summed E-state index contributed by atoms with van der Waals surface area (Å²) >= 11 is 11.9. The van der Waals surface area contributed by atoms with E-state index in [0.29, 0.717) is 21.5 Å². The summed E-state index contributed by atoms with van der Waals surface area (Å²) in [5, 5.41) is 3.69. The SMILES string of the molecule is COc1ccccc1N(C)CC(=O)Nc1ccc(Cl)cc1Cl. The smallest absolute Gasteiger partial charge is 0.243 e. The highest BCUT2D eigenvalue weighted by Gasteiger charge is 2.12. The molecular formula is C16H16Cl2N2O2. The van der Waals surface area contributed by atoms with Crippen molar-refractivity contribution in [2.75, 3.05) is 30.9 Å². The number of nitrogens with one attached hydrogen (secondary N) is 1. The largest absolute Gasteiger partial charge is 0.495 e. The molecule has 1 amide bonds. The predicted molar refractivity (Wildman–Crippen MR) is 91.4 cm³/mol. The van der Waals surface area contributed by atoms with Gasteiger partial charge in [-0.1, -0.05) is 35.3 Å². The number of carbonyl (C=O) groups excluding carboxylic acids is 1. The number of halogens is 2. The van der Waals surface area contributed by atoms with Crippen LogP contribution in [-0.4, -0.2) is 26.6 Å². The zero-order valence-corrected chi connectivity index (χ0v) is 13.8. The number of rotatable bonds is 5. The number of hydrogen-bond acceptors (Lipinski definition) is 3. The molecule has 0 saturated carbocycles. The molecular weight excluding hydrogens is 323 g/mol. The maximum atomic E-state index is 12.1. The van der Waals surface area contributed by atoms with Crippen molar-refractivity contribution in [3.8, 4) is 5.75 Å². The zero-order chi connectivity index (χ0) is 16.1.